The predicted molar refractivity (Wildman–Crippen MR) is 135 cm³/mol. The number of halogens is 2. The maximum Gasteiger partial charge on any atom is 0.149 e. The predicted octanol–water partition coefficient (Wildman–Crippen LogP) is 7.43. The van der Waals surface area contributed by atoms with Crippen molar-refractivity contribution in [1.82, 2.24) is 4.98 Å². The Kier molecular flexibility index (Phi) is 6.11. The molecular formula is C28H19F2N3S. The minimum absolute atomic E-state index is 0.287. The van der Waals surface area contributed by atoms with E-state index in [0.29, 0.717) is 17.1 Å². The van der Waals surface area contributed by atoms with Gasteiger partial charge in [0, 0.05) is 22.8 Å². The molecule has 0 unspecified atom stereocenters. The number of aromatic nitrogens is 1. The van der Waals surface area contributed by atoms with Gasteiger partial charge in [-0.2, -0.15) is 17.0 Å². The molecular weight excluding hydrogens is 448 g/mol. The number of thioether (sulfide) groups is 1. The number of benzene rings is 3. The van der Waals surface area contributed by atoms with Crippen molar-refractivity contribution in [2.75, 3.05) is 11.1 Å². The summed E-state index contributed by atoms with van der Waals surface area (Å²) in [6.07, 6.45) is 2.00. The average molecular weight is 468 g/mol. The molecule has 0 saturated heterocycles. The zero-order valence-electron chi connectivity index (χ0n) is 18.1. The smallest absolute Gasteiger partial charge is 0.149 e. The molecule has 2 heterocycles. The van der Waals surface area contributed by atoms with Crippen LogP contribution in [-0.2, 0) is 5.75 Å². The maximum atomic E-state index is 13.7. The number of pyridine rings is 1. The van der Waals surface area contributed by atoms with Gasteiger partial charge in [0.1, 0.15) is 29.1 Å². The Bertz CT molecular complexity index is 1410. The molecule has 1 aliphatic heterocycles. The maximum absolute atomic E-state index is 13.7. The van der Waals surface area contributed by atoms with Crippen LogP contribution in [0.2, 0.25) is 0 Å². The highest BCUT2D eigenvalue weighted by molar-refractivity contribution is 7.99. The molecule has 1 aromatic heterocycles. The molecule has 0 aliphatic carbocycles. The first kappa shape index (κ1) is 21.9. The van der Waals surface area contributed by atoms with Gasteiger partial charge >= 0.3 is 0 Å². The molecule has 5 rings (SSSR count). The molecule has 0 amide bonds. The van der Waals surface area contributed by atoms with E-state index in [2.05, 4.69) is 11.4 Å². The monoisotopic (exact) mass is 467 g/mol. The summed E-state index contributed by atoms with van der Waals surface area (Å²) in [4.78, 5) is 4.91. The summed E-state index contributed by atoms with van der Waals surface area (Å²) >= 11 is 1.72. The average Bonchev–Trinajstić information content (AvgIpc) is 2.86. The van der Waals surface area contributed by atoms with Gasteiger partial charge in [-0.1, -0.05) is 42.5 Å². The lowest BCUT2D eigenvalue weighted by molar-refractivity contribution is 0.627. The van der Waals surface area contributed by atoms with E-state index in [1.807, 2.05) is 36.4 Å². The number of hydrogen-bond acceptors (Lipinski definition) is 4. The van der Waals surface area contributed by atoms with E-state index in [4.69, 9.17) is 4.98 Å². The van der Waals surface area contributed by atoms with Crippen molar-refractivity contribution in [2.45, 2.75) is 5.75 Å². The lowest BCUT2D eigenvalue weighted by Gasteiger charge is -2.24. The van der Waals surface area contributed by atoms with Gasteiger partial charge in [-0.25, -0.2) is 13.8 Å². The first-order valence-electron chi connectivity index (χ1n) is 10.7. The number of anilines is 2. The molecule has 0 saturated carbocycles. The molecule has 0 radical (unpaired) electrons. The van der Waals surface area contributed by atoms with E-state index in [1.165, 1.54) is 24.3 Å². The molecule has 166 valence electrons. The Morgan fingerprint density at radius 1 is 0.882 bits per heavy atom. The number of nitriles is 1. The molecule has 0 bridgehead atoms. The fourth-order valence-electron chi connectivity index (χ4n) is 4.02. The van der Waals surface area contributed by atoms with E-state index in [0.717, 1.165) is 45.0 Å². The Labute approximate surface area is 200 Å². The standard InChI is InChI=1S/C28H19F2N3S/c29-21-10-6-18(7-11-21)14-20-16-34-17-25-26(19-8-12-22(30)13-9-19)24(15-31)28(33-27(20)25)32-23-4-2-1-3-5-23/h1-14H,16-17H2,(H,32,33)/b20-14+. The van der Waals surface area contributed by atoms with Crippen LogP contribution in [0.1, 0.15) is 22.4 Å². The molecule has 6 heteroatoms. The molecule has 1 N–H and O–H groups in total. The first-order chi connectivity index (χ1) is 16.6. The number of nitrogens with zero attached hydrogens (tertiary/aromatic N) is 2. The number of hydrogen-bond donors (Lipinski definition) is 1. The molecule has 1 aliphatic rings. The topological polar surface area (TPSA) is 48.7 Å². The van der Waals surface area contributed by atoms with Gasteiger partial charge in [-0.05, 0) is 64.7 Å². The Morgan fingerprint density at radius 2 is 1.56 bits per heavy atom. The van der Waals surface area contributed by atoms with Crippen molar-refractivity contribution in [3.8, 4) is 17.2 Å². The third-order valence-electron chi connectivity index (χ3n) is 5.60. The summed E-state index contributed by atoms with van der Waals surface area (Å²) < 4.78 is 27.1. The number of para-hydroxylation sites is 1. The van der Waals surface area contributed by atoms with Crippen LogP contribution in [0.3, 0.4) is 0 Å². The van der Waals surface area contributed by atoms with Crippen molar-refractivity contribution in [3.05, 3.63) is 113 Å². The molecule has 4 aromatic rings. The first-order valence-corrected chi connectivity index (χ1v) is 11.9. The largest absolute Gasteiger partial charge is 0.339 e. The summed E-state index contributed by atoms with van der Waals surface area (Å²) in [7, 11) is 0. The van der Waals surface area contributed by atoms with Crippen molar-refractivity contribution in [2.24, 2.45) is 0 Å². The van der Waals surface area contributed by atoms with E-state index < -0.39 is 0 Å². The highest BCUT2D eigenvalue weighted by Gasteiger charge is 2.26. The van der Waals surface area contributed by atoms with Gasteiger partial charge in [0.15, 0.2) is 0 Å². The highest BCUT2D eigenvalue weighted by atomic mass is 32.2. The Morgan fingerprint density at radius 3 is 2.24 bits per heavy atom. The van der Waals surface area contributed by atoms with Crippen LogP contribution in [0.25, 0.3) is 22.8 Å². The minimum atomic E-state index is -0.334. The summed E-state index contributed by atoms with van der Waals surface area (Å²) in [5, 5.41) is 13.5. The molecule has 0 spiro atoms. The quantitative estimate of drug-likeness (QED) is 0.339. The summed E-state index contributed by atoms with van der Waals surface area (Å²) in [5.41, 5.74) is 6.33. The highest BCUT2D eigenvalue weighted by Crippen LogP contribution is 2.42. The van der Waals surface area contributed by atoms with Gasteiger partial charge in [-0.15, -0.1) is 0 Å². The fourth-order valence-corrected chi connectivity index (χ4v) is 5.05. The second-order valence-electron chi connectivity index (χ2n) is 7.86. The van der Waals surface area contributed by atoms with E-state index in [-0.39, 0.29) is 11.6 Å². The Hall–Kier alpha value is -3.95. The molecule has 0 fully saturated rings. The van der Waals surface area contributed by atoms with Gasteiger partial charge < -0.3 is 5.32 Å². The van der Waals surface area contributed by atoms with Crippen LogP contribution in [0.5, 0.6) is 0 Å². The number of nitrogens with one attached hydrogen (secondary N) is 1. The number of rotatable bonds is 4. The van der Waals surface area contributed by atoms with Gasteiger partial charge in [0.25, 0.3) is 0 Å². The van der Waals surface area contributed by atoms with E-state index in [9.17, 15) is 14.0 Å². The lowest BCUT2D eigenvalue weighted by Crippen LogP contribution is -2.11. The lowest BCUT2D eigenvalue weighted by atomic mass is 9.92. The van der Waals surface area contributed by atoms with Crippen molar-refractivity contribution < 1.29 is 8.78 Å². The van der Waals surface area contributed by atoms with Crippen LogP contribution < -0.4 is 5.32 Å². The third-order valence-corrected chi connectivity index (χ3v) is 6.61. The van der Waals surface area contributed by atoms with E-state index in [1.54, 1.807) is 36.0 Å². The third kappa shape index (κ3) is 4.43. The van der Waals surface area contributed by atoms with Crippen molar-refractivity contribution >= 4 is 34.9 Å². The molecule has 34 heavy (non-hydrogen) atoms. The zero-order chi connectivity index (χ0) is 23.5. The molecule has 3 aromatic carbocycles. The molecule has 3 nitrogen and oxygen atoms in total. The second kappa shape index (κ2) is 9.50. The minimum Gasteiger partial charge on any atom is -0.339 e. The summed E-state index contributed by atoms with van der Waals surface area (Å²) in [6.45, 7) is 0. The van der Waals surface area contributed by atoms with Gasteiger partial charge in [0.2, 0.25) is 0 Å². The summed E-state index contributed by atoms with van der Waals surface area (Å²) in [6, 6.07) is 24.4. The summed E-state index contributed by atoms with van der Waals surface area (Å²) in [5.74, 6) is 1.24. The number of fused-ring (bicyclic) bond motifs is 1. The molecule has 0 atom stereocenters. The van der Waals surface area contributed by atoms with Crippen molar-refractivity contribution in [1.29, 1.82) is 5.26 Å². The van der Waals surface area contributed by atoms with Crippen LogP contribution in [-0.4, -0.2) is 10.7 Å². The normalized spacial score (nSPS) is 13.9. The van der Waals surface area contributed by atoms with Crippen molar-refractivity contribution in [3.63, 3.8) is 0 Å². The van der Waals surface area contributed by atoms with E-state index >= 15 is 0 Å². The Balaban J connectivity index is 1.73. The zero-order valence-corrected chi connectivity index (χ0v) is 18.9. The van der Waals surface area contributed by atoms with Crippen LogP contribution in [0.15, 0.2) is 78.9 Å². The van der Waals surface area contributed by atoms with Gasteiger partial charge in [0.05, 0.1) is 5.69 Å². The van der Waals surface area contributed by atoms with Crippen LogP contribution in [0, 0.1) is 23.0 Å². The SMILES string of the molecule is N#Cc1c(Nc2ccccc2)nc2c(c1-c1ccc(F)cc1)CSC/C2=C\c1ccc(F)cc1. The second-order valence-corrected chi connectivity index (χ2v) is 8.85. The fraction of sp³-hybridized carbons (Fsp3) is 0.0714. The van der Waals surface area contributed by atoms with Crippen LogP contribution in [0.4, 0.5) is 20.3 Å². The van der Waals surface area contributed by atoms with Gasteiger partial charge in [-0.3, -0.25) is 0 Å². The van der Waals surface area contributed by atoms with Crippen LogP contribution >= 0.6 is 11.8 Å².